The Balaban J connectivity index is 0.00000144. The lowest BCUT2D eigenvalue weighted by Gasteiger charge is -2.24. The summed E-state index contributed by atoms with van der Waals surface area (Å²) in [5, 5.41) is 3.53. The summed E-state index contributed by atoms with van der Waals surface area (Å²) in [4.78, 5) is 0. The van der Waals surface area contributed by atoms with Gasteiger partial charge in [-0.3, -0.25) is 0 Å². The molecule has 0 spiro atoms. The van der Waals surface area contributed by atoms with Gasteiger partial charge in [-0.1, -0.05) is 6.42 Å². The maximum atomic E-state index is 5.28. The summed E-state index contributed by atoms with van der Waals surface area (Å²) >= 11 is 0. The summed E-state index contributed by atoms with van der Waals surface area (Å²) in [6.45, 7) is 1.10. The standard InChI is InChI=1S/C13H19NO2.ClH/c1-15-11-7-10(8-12(9-11)16-2)13-5-3-4-6-14-13;/h7-9,13-14H,3-6H2,1-2H3;1H/t13-;/m1./s1. The molecule has 0 saturated carbocycles. The van der Waals surface area contributed by atoms with E-state index in [9.17, 15) is 0 Å². The number of benzene rings is 1. The van der Waals surface area contributed by atoms with Gasteiger partial charge in [0.2, 0.25) is 0 Å². The van der Waals surface area contributed by atoms with Crippen LogP contribution in [-0.4, -0.2) is 20.8 Å². The number of halogens is 1. The van der Waals surface area contributed by atoms with Crippen LogP contribution < -0.4 is 14.8 Å². The Morgan fingerprint density at radius 3 is 2.18 bits per heavy atom. The van der Waals surface area contributed by atoms with Crippen LogP contribution in [0.4, 0.5) is 0 Å². The van der Waals surface area contributed by atoms with Crippen molar-refractivity contribution in [1.29, 1.82) is 0 Å². The molecular weight excluding hydrogens is 238 g/mol. The predicted octanol–water partition coefficient (Wildman–Crippen LogP) is 2.94. The molecule has 0 unspecified atom stereocenters. The molecule has 1 aromatic rings. The molecule has 3 nitrogen and oxygen atoms in total. The van der Waals surface area contributed by atoms with Crippen molar-refractivity contribution in [2.75, 3.05) is 20.8 Å². The van der Waals surface area contributed by atoms with Gasteiger partial charge in [0.25, 0.3) is 0 Å². The largest absolute Gasteiger partial charge is 0.497 e. The van der Waals surface area contributed by atoms with Gasteiger partial charge in [0.05, 0.1) is 14.2 Å². The number of hydrogen-bond acceptors (Lipinski definition) is 3. The third-order valence-electron chi connectivity index (χ3n) is 3.09. The highest BCUT2D eigenvalue weighted by atomic mass is 35.5. The first-order valence-corrected chi connectivity index (χ1v) is 5.80. The van der Waals surface area contributed by atoms with E-state index >= 15 is 0 Å². The normalized spacial score (nSPS) is 19.3. The van der Waals surface area contributed by atoms with Crippen LogP contribution in [0, 0.1) is 0 Å². The molecular formula is C13H20ClNO2. The molecule has 1 N–H and O–H groups in total. The minimum atomic E-state index is 0. The third-order valence-corrected chi connectivity index (χ3v) is 3.09. The van der Waals surface area contributed by atoms with Crippen molar-refractivity contribution < 1.29 is 9.47 Å². The molecule has 2 rings (SSSR count). The maximum Gasteiger partial charge on any atom is 0.122 e. The molecule has 1 fully saturated rings. The Morgan fingerprint density at radius 2 is 1.71 bits per heavy atom. The lowest BCUT2D eigenvalue weighted by Crippen LogP contribution is -2.26. The van der Waals surface area contributed by atoms with E-state index in [-0.39, 0.29) is 12.4 Å². The molecule has 1 aliphatic rings. The molecule has 0 aromatic heterocycles. The zero-order valence-electron chi connectivity index (χ0n) is 10.4. The Labute approximate surface area is 109 Å². The topological polar surface area (TPSA) is 30.5 Å². The van der Waals surface area contributed by atoms with E-state index in [1.807, 2.05) is 6.07 Å². The van der Waals surface area contributed by atoms with Crippen LogP contribution >= 0.6 is 12.4 Å². The van der Waals surface area contributed by atoms with Crippen LogP contribution in [0.5, 0.6) is 11.5 Å². The first-order valence-electron chi connectivity index (χ1n) is 5.80. The number of ether oxygens (including phenoxy) is 2. The van der Waals surface area contributed by atoms with Crippen LogP contribution in [0.1, 0.15) is 30.9 Å². The van der Waals surface area contributed by atoms with Gasteiger partial charge >= 0.3 is 0 Å². The van der Waals surface area contributed by atoms with Crippen LogP contribution in [0.15, 0.2) is 18.2 Å². The molecule has 0 radical (unpaired) electrons. The highest BCUT2D eigenvalue weighted by Crippen LogP contribution is 2.30. The molecule has 0 amide bonds. The van der Waals surface area contributed by atoms with E-state index in [0.29, 0.717) is 6.04 Å². The molecule has 1 saturated heterocycles. The first kappa shape index (κ1) is 14.1. The Kier molecular flexibility index (Phi) is 5.59. The second-order valence-electron chi connectivity index (χ2n) is 4.15. The van der Waals surface area contributed by atoms with Crippen molar-refractivity contribution >= 4 is 12.4 Å². The minimum Gasteiger partial charge on any atom is -0.497 e. The average Bonchev–Trinajstić information content (AvgIpc) is 2.39. The second-order valence-corrected chi connectivity index (χ2v) is 4.15. The lowest BCUT2D eigenvalue weighted by atomic mass is 9.97. The molecule has 4 heteroatoms. The summed E-state index contributed by atoms with van der Waals surface area (Å²) in [5.74, 6) is 1.73. The number of piperidine rings is 1. The van der Waals surface area contributed by atoms with Gasteiger partial charge in [0, 0.05) is 12.1 Å². The molecule has 1 aliphatic heterocycles. The summed E-state index contributed by atoms with van der Waals surface area (Å²) in [6, 6.07) is 6.53. The highest BCUT2D eigenvalue weighted by Gasteiger charge is 2.16. The average molecular weight is 258 g/mol. The van der Waals surface area contributed by atoms with Gasteiger partial charge in [-0.2, -0.15) is 0 Å². The van der Waals surface area contributed by atoms with E-state index in [1.54, 1.807) is 14.2 Å². The van der Waals surface area contributed by atoms with Crippen molar-refractivity contribution in [3.8, 4) is 11.5 Å². The van der Waals surface area contributed by atoms with Crippen molar-refractivity contribution in [3.05, 3.63) is 23.8 Å². The van der Waals surface area contributed by atoms with Crippen molar-refractivity contribution in [1.82, 2.24) is 5.32 Å². The number of hydrogen-bond donors (Lipinski definition) is 1. The molecule has 0 bridgehead atoms. The fourth-order valence-electron chi connectivity index (χ4n) is 2.17. The van der Waals surface area contributed by atoms with Crippen LogP contribution in [0.3, 0.4) is 0 Å². The summed E-state index contributed by atoms with van der Waals surface area (Å²) in [6.07, 6.45) is 3.76. The van der Waals surface area contributed by atoms with Crippen LogP contribution in [-0.2, 0) is 0 Å². The molecule has 0 aliphatic carbocycles. The van der Waals surface area contributed by atoms with E-state index in [0.717, 1.165) is 18.0 Å². The van der Waals surface area contributed by atoms with Gasteiger partial charge in [0.1, 0.15) is 11.5 Å². The zero-order chi connectivity index (χ0) is 11.4. The summed E-state index contributed by atoms with van der Waals surface area (Å²) < 4.78 is 10.6. The quantitative estimate of drug-likeness (QED) is 0.903. The van der Waals surface area contributed by atoms with E-state index in [4.69, 9.17) is 9.47 Å². The summed E-state index contributed by atoms with van der Waals surface area (Å²) in [7, 11) is 3.37. The van der Waals surface area contributed by atoms with Crippen LogP contribution in [0.25, 0.3) is 0 Å². The van der Waals surface area contributed by atoms with Crippen LogP contribution in [0.2, 0.25) is 0 Å². The minimum absolute atomic E-state index is 0. The Hall–Kier alpha value is -0.930. The predicted molar refractivity (Wildman–Crippen MR) is 71.4 cm³/mol. The SMILES string of the molecule is COc1cc(OC)cc([C@H]2CCCCN2)c1.Cl. The van der Waals surface area contributed by atoms with Gasteiger partial charge in [-0.05, 0) is 37.1 Å². The van der Waals surface area contributed by atoms with E-state index in [1.165, 1.54) is 24.8 Å². The summed E-state index contributed by atoms with van der Waals surface area (Å²) in [5.41, 5.74) is 1.26. The van der Waals surface area contributed by atoms with Gasteiger partial charge in [-0.25, -0.2) is 0 Å². The van der Waals surface area contributed by atoms with Crippen molar-refractivity contribution in [3.63, 3.8) is 0 Å². The van der Waals surface area contributed by atoms with Gasteiger partial charge < -0.3 is 14.8 Å². The molecule has 1 atom stereocenters. The fourth-order valence-corrected chi connectivity index (χ4v) is 2.17. The fraction of sp³-hybridized carbons (Fsp3) is 0.538. The first-order chi connectivity index (χ1) is 7.83. The smallest absolute Gasteiger partial charge is 0.122 e. The van der Waals surface area contributed by atoms with Crippen molar-refractivity contribution in [2.45, 2.75) is 25.3 Å². The molecule has 1 heterocycles. The number of nitrogens with one attached hydrogen (secondary N) is 1. The van der Waals surface area contributed by atoms with E-state index in [2.05, 4.69) is 17.4 Å². The Bertz CT molecular complexity index is 329. The number of methoxy groups -OCH3 is 2. The van der Waals surface area contributed by atoms with Gasteiger partial charge in [-0.15, -0.1) is 12.4 Å². The molecule has 96 valence electrons. The lowest BCUT2D eigenvalue weighted by molar-refractivity contribution is 0.383. The Morgan fingerprint density at radius 1 is 1.06 bits per heavy atom. The number of rotatable bonds is 3. The van der Waals surface area contributed by atoms with E-state index < -0.39 is 0 Å². The maximum absolute atomic E-state index is 5.28. The molecule has 17 heavy (non-hydrogen) atoms. The third kappa shape index (κ3) is 3.51. The second kappa shape index (κ2) is 6.72. The van der Waals surface area contributed by atoms with Crippen molar-refractivity contribution in [2.24, 2.45) is 0 Å². The highest BCUT2D eigenvalue weighted by molar-refractivity contribution is 5.85. The monoisotopic (exact) mass is 257 g/mol. The zero-order valence-corrected chi connectivity index (χ0v) is 11.2. The molecule has 1 aromatic carbocycles. The van der Waals surface area contributed by atoms with Gasteiger partial charge in [0.15, 0.2) is 0 Å².